The van der Waals surface area contributed by atoms with Crippen LogP contribution in [0.1, 0.15) is 5.56 Å². The van der Waals surface area contributed by atoms with Gasteiger partial charge < -0.3 is 15.1 Å². The van der Waals surface area contributed by atoms with Gasteiger partial charge >= 0.3 is 0 Å². The molecule has 0 spiro atoms. The highest BCUT2D eigenvalue weighted by Gasteiger charge is 2.19. The molecule has 1 aromatic carbocycles. The second kappa shape index (κ2) is 5.01. The lowest BCUT2D eigenvalue weighted by Crippen LogP contribution is -2.40. The lowest BCUT2D eigenvalue weighted by atomic mass is 10.1. The van der Waals surface area contributed by atoms with Crippen LogP contribution in [0.5, 0.6) is 5.75 Å². The average molecular weight is 233 g/mol. The monoisotopic (exact) mass is 233 g/mol. The zero-order valence-corrected chi connectivity index (χ0v) is 9.41. The summed E-state index contributed by atoms with van der Waals surface area (Å²) in [6, 6.07) is 6.79. The molecular formula is C13H15NO3. The second-order valence-electron chi connectivity index (χ2n) is 4.10. The minimum Gasteiger partial charge on any atom is -0.508 e. The van der Waals surface area contributed by atoms with Gasteiger partial charge in [0.05, 0.1) is 19.1 Å². The van der Waals surface area contributed by atoms with E-state index in [-0.39, 0.29) is 18.1 Å². The van der Waals surface area contributed by atoms with Gasteiger partial charge in [-0.25, -0.2) is 0 Å². The number of hydrogen-bond donors (Lipinski definition) is 2. The Labute approximate surface area is 99.8 Å². The third kappa shape index (κ3) is 2.85. The molecule has 1 aliphatic heterocycles. The number of carbonyl (C=O) groups is 1. The zero-order chi connectivity index (χ0) is 12.3. The molecule has 0 aromatic heterocycles. The lowest BCUT2D eigenvalue weighted by Gasteiger charge is -2.26. The number of aliphatic hydroxyl groups excluding tert-OH is 1. The van der Waals surface area contributed by atoms with Crippen molar-refractivity contribution < 1.29 is 15.0 Å². The maximum atomic E-state index is 11.9. The fraction of sp³-hybridized carbons (Fsp3) is 0.308. The normalized spacial score (nSPS) is 19.4. The number of amides is 1. The van der Waals surface area contributed by atoms with Gasteiger partial charge in [-0.3, -0.25) is 4.79 Å². The summed E-state index contributed by atoms with van der Waals surface area (Å²) in [6.07, 6.45) is 3.03. The third-order valence-corrected chi connectivity index (χ3v) is 2.78. The van der Waals surface area contributed by atoms with Gasteiger partial charge in [0.15, 0.2) is 0 Å². The number of benzene rings is 1. The van der Waals surface area contributed by atoms with Gasteiger partial charge in [0.25, 0.3) is 0 Å². The Balaban J connectivity index is 2.02. The van der Waals surface area contributed by atoms with Crippen molar-refractivity contribution in [1.82, 2.24) is 4.90 Å². The summed E-state index contributed by atoms with van der Waals surface area (Å²) < 4.78 is 0. The number of β-amino-alcohol motifs (C(OH)–C–C–N with tert-alkyl or cyclic N) is 1. The molecule has 1 aromatic rings. The largest absolute Gasteiger partial charge is 0.508 e. The van der Waals surface area contributed by atoms with Gasteiger partial charge in [0, 0.05) is 12.1 Å². The number of nitrogens with zero attached hydrogens (tertiary/aromatic N) is 1. The summed E-state index contributed by atoms with van der Waals surface area (Å²) in [4.78, 5) is 13.5. The molecule has 0 bridgehead atoms. The van der Waals surface area contributed by atoms with E-state index in [4.69, 9.17) is 0 Å². The molecule has 2 rings (SSSR count). The highest BCUT2D eigenvalue weighted by atomic mass is 16.3. The Hall–Kier alpha value is -1.81. The van der Waals surface area contributed by atoms with Crippen LogP contribution < -0.4 is 0 Å². The molecule has 0 radical (unpaired) electrons. The summed E-state index contributed by atoms with van der Waals surface area (Å²) in [5, 5.41) is 19.0. The number of aromatic hydroxyl groups is 1. The quantitative estimate of drug-likeness (QED) is 0.739. The number of aliphatic hydroxyl groups is 1. The summed E-state index contributed by atoms with van der Waals surface area (Å²) in [6.45, 7) is 0.840. The van der Waals surface area contributed by atoms with Crippen LogP contribution in [-0.4, -0.2) is 40.2 Å². The molecule has 0 aliphatic carbocycles. The van der Waals surface area contributed by atoms with E-state index in [0.29, 0.717) is 18.7 Å². The molecule has 0 saturated heterocycles. The predicted molar refractivity (Wildman–Crippen MR) is 63.5 cm³/mol. The molecule has 2 N–H and O–H groups in total. The SMILES string of the molecule is O=C(Cc1ccccc1O)N1CC=CC(O)C1. The number of hydrogen-bond acceptors (Lipinski definition) is 3. The van der Waals surface area contributed by atoms with Crippen molar-refractivity contribution in [2.24, 2.45) is 0 Å². The van der Waals surface area contributed by atoms with Crippen molar-refractivity contribution >= 4 is 5.91 Å². The zero-order valence-electron chi connectivity index (χ0n) is 9.41. The second-order valence-corrected chi connectivity index (χ2v) is 4.10. The van der Waals surface area contributed by atoms with Crippen LogP contribution in [0.4, 0.5) is 0 Å². The van der Waals surface area contributed by atoms with Gasteiger partial charge in [-0.05, 0) is 6.07 Å². The first kappa shape index (κ1) is 11.7. The fourth-order valence-electron chi connectivity index (χ4n) is 1.85. The first-order chi connectivity index (χ1) is 8.16. The molecule has 4 nitrogen and oxygen atoms in total. The fourth-order valence-corrected chi connectivity index (χ4v) is 1.85. The molecule has 1 heterocycles. The topological polar surface area (TPSA) is 60.8 Å². The molecule has 1 atom stereocenters. The van der Waals surface area contributed by atoms with Crippen molar-refractivity contribution in [3.63, 3.8) is 0 Å². The van der Waals surface area contributed by atoms with Crippen LogP contribution >= 0.6 is 0 Å². The number of para-hydroxylation sites is 1. The van der Waals surface area contributed by atoms with Crippen LogP contribution in [-0.2, 0) is 11.2 Å². The standard InChI is InChI=1S/C13H15NO3/c15-11-5-3-7-14(9-11)13(17)8-10-4-1-2-6-12(10)16/h1-6,11,15-16H,7-9H2. The molecule has 0 saturated carbocycles. The summed E-state index contributed by atoms with van der Waals surface area (Å²) in [7, 11) is 0. The Morgan fingerprint density at radius 2 is 2.18 bits per heavy atom. The van der Waals surface area contributed by atoms with E-state index >= 15 is 0 Å². The molecule has 1 aliphatic rings. The van der Waals surface area contributed by atoms with Crippen LogP contribution in [0.2, 0.25) is 0 Å². The first-order valence-corrected chi connectivity index (χ1v) is 5.56. The average Bonchev–Trinajstić information content (AvgIpc) is 2.32. The Morgan fingerprint density at radius 1 is 1.41 bits per heavy atom. The van der Waals surface area contributed by atoms with Gasteiger partial charge in [-0.2, -0.15) is 0 Å². The maximum absolute atomic E-state index is 11.9. The molecule has 1 amide bonds. The predicted octanol–water partition coefficient (Wildman–Crippen LogP) is 0.694. The molecule has 4 heteroatoms. The van der Waals surface area contributed by atoms with Crippen LogP contribution in [0, 0.1) is 0 Å². The van der Waals surface area contributed by atoms with Crippen LogP contribution in [0.25, 0.3) is 0 Å². The van der Waals surface area contributed by atoms with Crippen LogP contribution in [0.15, 0.2) is 36.4 Å². The summed E-state index contributed by atoms with van der Waals surface area (Å²) in [5.74, 6) is 0.0452. The minimum atomic E-state index is -0.586. The van der Waals surface area contributed by atoms with Crippen LogP contribution in [0.3, 0.4) is 0 Å². The number of phenols is 1. The highest BCUT2D eigenvalue weighted by molar-refractivity contribution is 5.79. The summed E-state index contributed by atoms with van der Waals surface area (Å²) in [5.41, 5.74) is 0.613. The van der Waals surface area contributed by atoms with E-state index in [1.165, 1.54) is 0 Å². The minimum absolute atomic E-state index is 0.0881. The number of carbonyl (C=O) groups excluding carboxylic acids is 1. The molecule has 0 fully saturated rings. The van der Waals surface area contributed by atoms with Gasteiger partial charge in [-0.15, -0.1) is 0 Å². The van der Waals surface area contributed by atoms with Crippen molar-refractivity contribution in [2.75, 3.05) is 13.1 Å². The van der Waals surface area contributed by atoms with Crippen molar-refractivity contribution in [3.05, 3.63) is 42.0 Å². The lowest BCUT2D eigenvalue weighted by molar-refractivity contribution is -0.131. The van der Waals surface area contributed by atoms with Crippen molar-refractivity contribution in [2.45, 2.75) is 12.5 Å². The molecule has 90 valence electrons. The number of phenolic OH excluding ortho intramolecular Hbond substituents is 1. The van der Waals surface area contributed by atoms with E-state index in [1.54, 1.807) is 41.3 Å². The Kier molecular flexibility index (Phi) is 3.44. The Bertz CT molecular complexity index is 442. The van der Waals surface area contributed by atoms with E-state index in [0.717, 1.165) is 0 Å². The van der Waals surface area contributed by atoms with E-state index in [2.05, 4.69) is 0 Å². The molecule has 17 heavy (non-hydrogen) atoms. The van der Waals surface area contributed by atoms with E-state index in [1.807, 2.05) is 0 Å². The van der Waals surface area contributed by atoms with Crippen molar-refractivity contribution in [3.8, 4) is 5.75 Å². The Morgan fingerprint density at radius 3 is 2.88 bits per heavy atom. The summed E-state index contributed by atoms with van der Waals surface area (Å²) >= 11 is 0. The van der Waals surface area contributed by atoms with E-state index < -0.39 is 6.10 Å². The number of rotatable bonds is 2. The van der Waals surface area contributed by atoms with Crippen molar-refractivity contribution in [1.29, 1.82) is 0 Å². The highest BCUT2D eigenvalue weighted by Crippen LogP contribution is 2.17. The van der Waals surface area contributed by atoms with E-state index in [9.17, 15) is 15.0 Å². The smallest absolute Gasteiger partial charge is 0.227 e. The third-order valence-electron chi connectivity index (χ3n) is 2.78. The van der Waals surface area contributed by atoms with Gasteiger partial charge in [0.1, 0.15) is 5.75 Å². The first-order valence-electron chi connectivity index (χ1n) is 5.56. The maximum Gasteiger partial charge on any atom is 0.227 e. The van der Waals surface area contributed by atoms with Gasteiger partial charge in [-0.1, -0.05) is 30.4 Å². The van der Waals surface area contributed by atoms with Gasteiger partial charge in [0.2, 0.25) is 5.91 Å². The molecular weight excluding hydrogens is 218 g/mol. The molecule has 1 unspecified atom stereocenters.